The highest BCUT2D eigenvalue weighted by Gasteiger charge is 2.16. The molecule has 0 bridgehead atoms. The molecule has 0 fully saturated rings. The highest BCUT2D eigenvalue weighted by molar-refractivity contribution is 5.95. The average Bonchev–Trinajstić information content (AvgIpc) is 3.03. The van der Waals surface area contributed by atoms with Crippen molar-refractivity contribution in [3.05, 3.63) is 42.4 Å². The van der Waals surface area contributed by atoms with Crippen LogP contribution in [0.1, 0.15) is 17.4 Å². The topological polar surface area (TPSA) is 113 Å². The number of urea groups is 1. The first-order valence-corrected chi connectivity index (χ1v) is 7.70. The zero-order chi connectivity index (χ0) is 17.8. The van der Waals surface area contributed by atoms with Crippen LogP contribution in [-0.4, -0.2) is 45.1 Å². The number of hydrogen-bond acceptors (Lipinski definition) is 5. The molecule has 0 aliphatic rings. The lowest BCUT2D eigenvalue weighted by Gasteiger charge is -2.06. The summed E-state index contributed by atoms with van der Waals surface area (Å²) in [5.41, 5.74) is 2.36. The van der Waals surface area contributed by atoms with E-state index in [1.54, 1.807) is 31.5 Å². The maximum atomic E-state index is 12.2. The van der Waals surface area contributed by atoms with E-state index >= 15 is 0 Å². The fraction of sp³-hybridized carbons (Fsp3) is 0.188. The lowest BCUT2D eigenvalue weighted by atomic mass is 10.1. The van der Waals surface area contributed by atoms with E-state index in [9.17, 15) is 9.59 Å². The second-order valence-electron chi connectivity index (χ2n) is 5.14. The van der Waals surface area contributed by atoms with E-state index in [1.165, 1.54) is 11.6 Å². The number of amides is 3. The van der Waals surface area contributed by atoms with Gasteiger partial charge in [-0.3, -0.25) is 15.1 Å². The van der Waals surface area contributed by atoms with Crippen LogP contribution in [0.15, 0.2) is 36.7 Å². The second-order valence-corrected chi connectivity index (χ2v) is 5.14. The smallest absolute Gasteiger partial charge is 0.321 e. The van der Waals surface area contributed by atoms with Crippen LogP contribution < -0.4 is 16.0 Å². The van der Waals surface area contributed by atoms with Crippen LogP contribution >= 0.6 is 0 Å². The first-order valence-electron chi connectivity index (χ1n) is 7.70. The molecule has 3 heterocycles. The summed E-state index contributed by atoms with van der Waals surface area (Å²) < 4.78 is 1.39. The molecule has 3 N–H and O–H groups in total. The Morgan fingerprint density at radius 2 is 2.08 bits per heavy atom. The molecular formula is C16H17N7O2. The number of anilines is 1. The Hall–Kier alpha value is -3.49. The molecular weight excluding hydrogens is 322 g/mol. The van der Waals surface area contributed by atoms with Gasteiger partial charge >= 0.3 is 6.03 Å². The molecule has 9 nitrogen and oxygen atoms in total. The Morgan fingerprint density at radius 3 is 2.76 bits per heavy atom. The molecule has 0 saturated heterocycles. The van der Waals surface area contributed by atoms with Crippen LogP contribution in [0.3, 0.4) is 0 Å². The number of pyridine rings is 2. The summed E-state index contributed by atoms with van der Waals surface area (Å²) >= 11 is 0. The number of carbonyl (C=O) groups excluding carboxylic acids is 2. The quantitative estimate of drug-likeness (QED) is 0.663. The molecule has 0 spiro atoms. The van der Waals surface area contributed by atoms with Gasteiger partial charge in [0.15, 0.2) is 5.65 Å². The van der Waals surface area contributed by atoms with Gasteiger partial charge in [-0.1, -0.05) is 6.07 Å². The Bertz CT molecular complexity index is 921. The van der Waals surface area contributed by atoms with Gasteiger partial charge in [0.25, 0.3) is 11.9 Å². The third-order valence-corrected chi connectivity index (χ3v) is 3.45. The average molecular weight is 339 g/mol. The Labute approximate surface area is 143 Å². The highest BCUT2D eigenvalue weighted by atomic mass is 16.2. The summed E-state index contributed by atoms with van der Waals surface area (Å²) in [4.78, 5) is 32.3. The van der Waals surface area contributed by atoms with Crippen molar-refractivity contribution in [2.45, 2.75) is 6.92 Å². The minimum Gasteiger partial charge on any atom is -0.354 e. The van der Waals surface area contributed by atoms with Crippen LogP contribution in [0.5, 0.6) is 0 Å². The fourth-order valence-electron chi connectivity index (χ4n) is 2.33. The minimum atomic E-state index is -0.410. The van der Waals surface area contributed by atoms with E-state index in [2.05, 4.69) is 31.0 Å². The van der Waals surface area contributed by atoms with Crippen molar-refractivity contribution in [1.29, 1.82) is 0 Å². The van der Waals surface area contributed by atoms with Gasteiger partial charge in [-0.05, 0) is 30.7 Å². The summed E-state index contributed by atoms with van der Waals surface area (Å²) in [6.45, 7) is 2.29. The van der Waals surface area contributed by atoms with Crippen LogP contribution in [0.2, 0.25) is 0 Å². The Morgan fingerprint density at radius 1 is 1.24 bits per heavy atom. The monoisotopic (exact) mass is 339 g/mol. The van der Waals surface area contributed by atoms with Crippen molar-refractivity contribution in [2.24, 2.45) is 0 Å². The predicted octanol–water partition coefficient (Wildman–Crippen LogP) is 1.29. The molecule has 0 unspecified atom stereocenters. The third-order valence-electron chi connectivity index (χ3n) is 3.45. The van der Waals surface area contributed by atoms with Crippen molar-refractivity contribution in [2.75, 3.05) is 18.9 Å². The number of hydrogen-bond donors (Lipinski definition) is 3. The molecule has 128 valence electrons. The van der Waals surface area contributed by atoms with Crippen LogP contribution in [-0.2, 0) is 0 Å². The molecule has 9 heteroatoms. The summed E-state index contributed by atoms with van der Waals surface area (Å²) in [5.74, 6) is -0.204. The van der Waals surface area contributed by atoms with Crippen LogP contribution in [0, 0.1) is 0 Å². The van der Waals surface area contributed by atoms with Gasteiger partial charge < -0.3 is 10.6 Å². The molecule has 3 aromatic heterocycles. The van der Waals surface area contributed by atoms with Gasteiger partial charge in [-0.15, -0.1) is 5.10 Å². The van der Waals surface area contributed by atoms with Crippen molar-refractivity contribution in [3.63, 3.8) is 0 Å². The summed E-state index contributed by atoms with van der Waals surface area (Å²) in [6, 6.07) is 6.77. The zero-order valence-corrected chi connectivity index (χ0v) is 13.8. The predicted molar refractivity (Wildman–Crippen MR) is 92.3 cm³/mol. The van der Waals surface area contributed by atoms with Gasteiger partial charge in [0.2, 0.25) is 0 Å². The molecule has 3 amide bonds. The van der Waals surface area contributed by atoms with Crippen molar-refractivity contribution >= 4 is 23.5 Å². The number of carbonyl (C=O) groups is 2. The van der Waals surface area contributed by atoms with Gasteiger partial charge in [0.05, 0.1) is 0 Å². The molecule has 0 aliphatic heterocycles. The maximum absolute atomic E-state index is 12.2. The van der Waals surface area contributed by atoms with Gasteiger partial charge in [-0.25, -0.2) is 9.31 Å². The van der Waals surface area contributed by atoms with Crippen molar-refractivity contribution in [1.82, 2.24) is 30.2 Å². The number of nitrogens with one attached hydrogen (secondary N) is 3. The maximum Gasteiger partial charge on any atom is 0.321 e. The van der Waals surface area contributed by atoms with E-state index in [4.69, 9.17) is 0 Å². The van der Waals surface area contributed by atoms with E-state index < -0.39 is 6.03 Å². The Kier molecular flexibility index (Phi) is 4.55. The minimum absolute atomic E-state index is 0.111. The molecule has 0 aromatic carbocycles. The standard InChI is InChI=1S/C16H17N7O2/c1-3-19-16(25)21-15-20-13-8-11(10-5-4-6-18-9-10)7-12(14(24)17-2)23(13)22-15/h4-9H,3H2,1-2H3,(H,17,24)(H2,19,21,22,25). The number of rotatable bonds is 4. The molecule has 0 atom stereocenters. The SMILES string of the molecule is CCNC(=O)Nc1nc2cc(-c3cccnc3)cc(C(=O)NC)n2n1. The van der Waals surface area contributed by atoms with E-state index in [0.29, 0.717) is 17.9 Å². The molecule has 25 heavy (non-hydrogen) atoms. The third kappa shape index (κ3) is 3.39. The number of fused-ring (bicyclic) bond motifs is 1. The molecule has 0 radical (unpaired) electrons. The van der Waals surface area contributed by atoms with E-state index in [-0.39, 0.29) is 11.9 Å². The normalized spacial score (nSPS) is 10.5. The number of aromatic nitrogens is 4. The van der Waals surface area contributed by atoms with E-state index in [0.717, 1.165) is 11.1 Å². The molecule has 3 aromatic rings. The number of nitrogens with zero attached hydrogens (tertiary/aromatic N) is 4. The first-order chi connectivity index (χ1) is 12.1. The zero-order valence-electron chi connectivity index (χ0n) is 13.8. The molecule has 0 aliphatic carbocycles. The largest absolute Gasteiger partial charge is 0.354 e. The lowest BCUT2D eigenvalue weighted by molar-refractivity contribution is 0.0956. The second kappa shape index (κ2) is 6.95. The van der Waals surface area contributed by atoms with Crippen molar-refractivity contribution < 1.29 is 9.59 Å². The lowest BCUT2D eigenvalue weighted by Crippen LogP contribution is -2.28. The summed E-state index contributed by atoms with van der Waals surface area (Å²) in [7, 11) is 1.54. The molecule has 0 saturated carbocycles. The van der Waals surface area contributed by atoms with Gasteiger partial charge in [0, 0.05) is 31.5 Å². The summed E-state index contributed by atoms with van der Waals surface area (Å²) in [5, 5.41) is 11.9. The van der Waals surface area contributed by atoms with Gasteiger partial charge in [-0.2, -0.15) is 4.98 Å². The summed E-state index contributed by atoms with van der Waals surface area (Å²) in [6.07, 6.45) is 3.37. The fourth-order valence-corrected chi connectivity index (χ4v) is 2.33. The highest BCUT2D eigenvalue weighted by Crippen LogP contribution is 2.22. The first kappa shape index (κ1) is 16.4. The van der Waals surface area contributed by atoms with Crippen LogP contribution in [0.25, 0.3) is 16.8 Å². The van der Waals surface area contributed by atoms with Crippen molar-refractivity contribution in [3.8, 4) is 11.1 Å². The Balaban J connectivity index is 2.10. The molecule has 3 rings (SSSR count). The van der Waals surface area contributed by atoms with Crippen LogP contribution in [0.4, 0.5) is 10.7 Å². The van der Waals surface area contributed by atoms with Gasteiger partial charge in [0.1, 0.15) is 5.69 Å². The van der Waals surface area contributed by atoms with E-state index in [1.807, 2.05) is 12.1 Å².